The molecule has 3 atom stereocenters. The summed E-state index contributed by atoms with van der Waals surface area (Å²) in [5.41, 5.74) is 4.04. The van der Waals surface area contributed by atoms with Gasteiger partial charge in [-0.2, -0.15) is 0 Å². The smallest absolute Gasteiger partial charge is 0.243 e. The highest BCUT2D eigenvalue weighted by atomic mass is 32.1. The fourth-order valence-electron chi connectivity index (χ4n) is 4.69. The molecule has 1 aliphatic heterocycles. The van der Waals surface area contributed by atoms with E-state index in [4.69, 9.17) is 4.74 Å². The van der Waals surface area contributed by atoms with Crippen LogP contribution in [0.1, 0.15) is 66.1 Å². The molecular weight excluding hydrogens is 512 g/mol. The Morgan fingerprint density at radius 2 is 1.85 bits per heavy atom. The molecule has 3 unspecified atom stereocenters. The van der Waals surface area contributed by atoms with Crippen LogP contribution >= 0.6 is 11.3 Å². The normalized spacial score (nSPS) is 19.0. The van der Waals surface area contributed by atoms with Gasteiger partial charge in [-0.05, 0) is 43.2 Å². The molecule has 1 aromatic heterocycles. The minimum Gasteiger partial charge on any atom is -0.391 e. The molecule has 1 aliphatic rings. The number of aliphatic hydroxyl groups is 1. The molecule has 39 heavy (non-hydrogen) atoms. The van der Waals surface area contributed by atoms with Crippen molar-refractivity contribution < 1.29 is 19.4 Å². The molecule has 9 heteroatoms. The number of hydrogen-bond donors (Lipinski definition) is 3. The summed E-state index contributed by atoms with van der Waals surface area (Å²) < 4.78 is 6.05. The van der Waals surface area contributed by atoms with Crippen molar-refractivity contribution >= 4 is 23.2 Å². The van der Waals surface area contributed by atoms with E-state index in [0.717, 1.165) is 21.7 Å². The van der Waals surface area contributed by atoms with E-state index in [9.17, 15) is 14.7 Å². The molecule has 3 N–H and O–H groups in total. The van der Waals surface area contributed by atoms with Gasteiger partial charge in [-0.15, -0.1) is 11.3 Å². The van der Waals surface area contributed by atoms with E-state index in [-0.39, 0.29) is 24.8 Å². The van der Waals surface area contributed by atoms with E-state index in [1.165, 1.54) is 0 Å². The summed E-state index contributed by atoms with van der Waals surface area (Å²) in [5, 5.41) is 16.8. The van der Waals surface area contributed by atoms with E-state index >= 15 is 0 Å². The summed E-state index contributed by atoms with van der Waals surface area (Å²) in [6, 6.07) is 6.78. The Hall–Kier alpha value is -2.33. The molecule has 1 aromatic carbocycles. The fourth-order valence-corrected chi connectivity index (χ4v) is 5.50. The SMILES string of the molecule is Cc1ncsc1-c1ccc(CNC(=O)C2CC(O)CN2C(=O)C(NCC(C)(C)OCC(C)C)C(C)(C)C)cc1. The van der Waals surface area contributed by atoms with Gasteiger partial charge in [-0.25, -0.2) is 4.98 Å². The molecule has 3 rings (SSSR count). The van der Waals surface area contributed by atoms with Crippen molar-refractivity contribution in [3.05, 3.63) is 41.0 Å². The minimum absolute atomic E-state index is 0.140. The molecule has 2 amide bonds. The number of carbonyl (C=O) groups excluding carboxylic acids is 2. The van der Waals surface area contributed by atoms with Crippen LogP contribution in [0.25, 0.3) is 10.4 Å². The molecule has 0 bridgehead atoms. The summed E-state index contributed by atoms with van der Waals surface area (Å²) >= 11 is 1.60. The predicted molar refractivity (Wildman–Crippen MR) is 156 cm³/mol. The number of hydrogen-bond acceptors (Lipinski definition) is 7. The first-order valence-electron chi connectivity index (χ1n) is 13.8. The first-order valence-corrected chi connectivity index (χ1v) is 14.7. The number of carbonyl (C=O) groups is 2. The van der Waals surface area contributed by atoms with Crippen LogP contribution < -0.4 is 10.6 Å². The summed E-state index contributed by atoms with van der Waals surface area (Å²) in [7, 11) is 0. The largest absolute Gasteiger partial charge is 0.391 e. The van der Waals surface area contributed by atoms with Gasteiger partial charge >= 0.3 is 0 Å². The highest BCUT2D eigenvalue weighted by Crippen LogP contribution is 2.28. The molecule has 2 aromatic rings. The number of nitrogens with one attached hydrogen (secondary N) is 2. The second kappa shape index (κ2) is 12.9. The number of aliphatic hydroxyl groups excluding tert-OH is 1. The van der Waals surface area contributed by atoms with E-state index in [0.29, 0.717) is 25.6 Å². The number of benzene rings is 1. The number of β-amino-alcohol motifs (C(OH)–C–C–N with tert-alkyl or cyclic N) is 1. The number of nitrogens with zero attached hydrogens (tertiary/aromatic N) is 2. The average Bonchev–Trinajstić information content (AvgIpc) is 3.46. The van der Waals surface area contributed by atoms with Crippen LogP contribution in [0.3, 0.4) is 0 Å². The summed E-state index contributed by atoms with van der Waals surface area (Å²) in [5.74, 6) is -0.0196. The van der Waals surface area contributed by atoms with E-state index in [2.05, 4.69) is 29.5 Å². The van der Waals surface area contributed by atoms with Gasteiger partial charge in [-0.1, -0.05) is 58.9 Å². The third-order valence-corrected chi connectivity index (χ3v) is 7.92. The number of aryl methyl sites for hydroxylation is 1. The first-order chi connectivity index (χ1) is 18.2. The van der Waals surface area contributed by atoms with Crippen molar-refractivity contribution in [2.24, 2.45) is 11.3 Å². The van der Waals surface area contributed by atoms with Gasteiger partial charge in [0.15, 0.2) is 0 Å². The molecule has 2 heterocycles. The van der Waals surface area contributed by atoms with Crippen LogP contribution in [0, 0.1) is 18.3 Å². The van der Waals surface area contributed by atoms with E-state index in [1.807, 2.05) is 71.3 Å². The number of thiazole rings is 1. The van der Waals surface area contributed by atoms with Crippen molar-refractivity contribution in [2.45, 2.75) is 92.1 Å². The number of aromatic nitrogens is 1. The zero-order valence-electron chi connectivity index (χ0n) is 24.7. The Morgan fingerprint density at radius 1 is 1.18 bits per heavy atom. The average molecular weight is 559 g/mol. The molecule has 1 saturated heterocycles. The van der Waals surface area contributed by atoms with Crippen LogP contribution in [0.4, 0.5) is 0 Å². The van der Waals surface area contributed by atoms with Crippen molar-refractivity contribution in [1.82, 2.24) is 20.5 Å². The van der Waals surface area contributed by atoms with E-state index < -0.39 is 29.2 Å². The van der Waals surface area contributed by atoms with Crippen LogP contribution in [0.5, 0.6) is 0 Å². The number of amides is 2. The molecule has 8 nitrogen and oxygen atoms in total. The molecule has 0 aliphatic carbocycles. The minimum atomic E-state index is -0.738. The quantitative estimate of drug-likeness (QED) is 0.383. The summed E-state index contributed by atoms with van der Waals surface area (Å²) in [4.78, 5) is 34.1. The van der Waals surface area contributed by atoms with Gasteiger partial charge in [0.1, 0.15) is 6.04 Å². The predicted octanol–water partition coefficient (Wildman–Crippen LogP) is 4.15. The number of ether oxygens (including phenoxy) is 1. The van der Waals surface area contributed by atoms with E-state index in [1.54, 1.807) is 16.2 Å². The van der Waals surface area contributed by atoms with Gasteiger partial charge in [0.2, 0.25) is 11.8 Å². The summed E-state index contributed by atoms with van der Waals surface area (Å²) in [6.45, 7) is 17.8. The second-order valence-electron chi connectivity index (χ2n) is 12.7. The van der Waals surface area contributed by atoms with Gasteiger partial charge in [0.05, 0.1) is 33.8 Å². The Morgan fingerprint density at radius 3 is 2.41 bits per heavy atom. The maximum atomic E-state index is 13.8. The maximum absolute atomic E-state index is 13.8. The molecule has 0 spiro atoms. The van der Waals surface area contributed by atoms with Crippen molar-refractivity contribution in [2.75, 3.05) is 19.7 Å². The van der Waals surface area contributed by atoms with Gasteiger partial charge < -0.3 is 25.4 Å². The van der Waals surface area contributed by atoms with Crippen LogP contribution in [0.15, 0.2) is 29.8 Å². The Labute approximate surface area is 237 Å². The third kappa shape index (κ3) is 8.58. The molecule has 216 valence electrons. The van der Waals surface area contributed by atoms with Crippen LogP contribution in [0.2, 0.25) is 0 Å². The zero-order chi connectivity index (χ0) is 29.0. The number of rotatable bonds is 11. The molecule has 1 fully saturated rings. The highest BCUT2D eigenvalue weighted by molar-refractivity contribution is 7.13. The number of likely N-dealkylation sites (tertiary alicyclic amines) is 1. The standard InChI is InChI=1S/C30H46N4O4S/c1-19(2)16-38-30(7,8)17-32-26(29(4,5)6)28(37)34-15-23(35)13-24(34)27(36)31-14-21-9-11-22(12-10-21)25-20(3)33-18-39-25/h9-12,18-19,23-24,26,32,35H,13-17H2,1-8H3,(H,31,36). The highest BCUT2D eigenvalue weighted by Gasteiger charge is 2.44. The monoisotopic (exact) mass is 558 g/mol. The molecular formula is C30H46N4O4S. The Balaban J connectivity index is 1.65. The van der Waals surface area contributed by atoms with Gasteiger partial charge in [0, 0.05) is 32.7 Å². The Kier molecular flexibility index (Phi) is 10.3. The lowest BCUT2D eigenvalue weighted by Crippen LogP contribution is -2.58. The van der Waals surface area contributed by atoms with Gasteiger partial charge in [0.25, 0.3) is 0 Å². The first kappa shape index (κ1) is 31.2. The fraction of sp³-hybridized carbons (Fsp3) is 0.633. The molecule has 0 radical (unpaired) electrons. The van der Waals surface area contributed by atoms with Crippen LogP contribution in [-0.4, -0.2) is 70.3 Å². The topological polar surface area (TPSA) is 104 Å². The Bertz CT molecular complexity index is 1110. The molecule has 0 saturated carbocycles. The zero-order valence-corrected chi connectivity index (χ0v) is 25.5. The second-order valence-corrected chi connectivity index (χ2v) is 13.6. The lowest BCUT2D eigenvalue weighted by atomic mass is 9.85. The summed E-state index contributed by atoms with van der Waals surface area (Å²) in [6.07, 6.45) is -0.515. The van der Waals surface area contributed by atoms with Gasteiger partial charge in [-0.3, -0.25) is 9.59 Å². The lowest BCUT2D eigenvalue weighted by molar-refractivity contribution is -0.142. The van der Waals surface area contributed by atoms with Crippen molar-refractivity contribution in [3.8, 4) is 10.4 Å². The maximum Gasteiger partial charge on any atom is 0.243 e. The van der Waals surface area contributed by atoms with Crippen LogP contribution in [-0.2, 0) is 20.9 Å². The lowest BCUT2D eigenvalue weighted by Gasteiger charge is -2.37. The van der Waals surface area contributed by atoms with Crippen molar-refractivity contribution in [1.29, 1.82) is 0 Å². The third-order valence-electron chi connectivity index (χ3n) is 6.95. The van der Waals surface area contributed by atoms with Crippen molar-refractivity contribution in [3.63, 3.8) is 0 Å².